The Morgan fingerprint density at radius 2 is 1.90 bits per heavy atom. The van der Waals surface area contributed by atoms with Crippen molar-refractivity contribution >= 4 is 43.5 Å². The Morgan fingerprint density at radius 1 is 1.24 bits per heavy atom. The molecular weight excluding hydrogens is 422 g/mol. The van der Waals surface area contributed by atoms with Gasteiger partial charge in [0.2, 0.25) is 0 Å². The van der Waals surface area contributed by atoms with Gasteiger partial charge in [0.25, 0.3) is 0 Å². The maximum atomic E-state index is 14.2. The summed E-state index contributed by atoms with van der Waals surface area (Å²) in [5.41, 5.74) is 3.25. The molecule has 0 fully saturated rings. The van der Waals surface area contributed by atoms with Crippen LogP contribution in [0.3, 0.4) is 0 Å². The molecule has 0 saturated heterocycles. The second-order valence-corrected chi connectivity index (χ2v) is 6.92. The fraction of sp³-hybridized carbons (Fsp3) is 0.250. The Bertz CT molecular complexity index is 668. The van der Waals surface area contributed by atoms with Crippen molar-refractivity contribution in [3.8, 4) is 5.75 Å². The molecule has 2 aromatic rings. The van der Waals surface area contributed by atoms with Crippen molar-refractivity contribution in [2.24, 2.45) is 0 Å². The molecule has 2 aromatic carbocycles. The first-order chi connectivity index (χ1) is 9.88. The van der Waals surface area contributed by atoms with Crippen molar-refractivity contribution in [2.75, 3.05) is 7.11 Å². The Labute approximate surface area is 145 Å². The molecule has 0 radical (unpaired) electrons. The molecule has 112 valence electrons. The number of benzene rings is 2. The highest BCUT2D eigenvalue weighted by Crippen LogP contribution is 2.45. The zero-order valence-electron chi connectivity index (χ0n) is 11.8. The second kappa shape index (κ2) is 6.67. The number of ether oxygens (including phenoxy) is 1. The standard InChI is InChI=1S/C16H14Br2ClFO/c1-8-7-10(17)9(2)13(16(8)21-3)15(18)14-11(19)5-4-6-12(14)20/h4-7,15H,1-3H3. The number of halogens is 4. The lowest BCUT2D eigenvalue weighted by Crippen LogP contribution is -2.05. The molecule has 0 aliphatic heterocycles. The molecule has 21 heavy (non-hydrogen) atoms. The van der Waals surface area contributed by atoms with E-state index in [4.69, 9.17) is 16.3 Å². The van der Waals surface area contributed by atoms with E-state index >= 15 is 0 Å². The molecule has 1 nitrogen and oxygen atoms in total. The van der Waals surface area contributed by atoms with E-state index < -0.39 is 4.83 Å². The van der Waals surface area contributed by atoms with E-state index in [1.807, 2.05) is 19.9 Å². The van der Waals surface area contributed by atoms with Gasteiger partial charge in [0.15, 0.2) is 0 Å². The third kappa shape index (κ3) is 3.13. The summed E-state index contributed by atoms with van der Waals surface area (Å²) in [7, 11) is 1.61. The van der Waals surface area contributed by atoms with E-state index in [2.05, 4.69) is 31.9 Å². The van der Waals surface area contributed by atoms with Crippen molar-refractivity contribution in [3.63, 3.8) is 0 Å². The Hall–Kier alpha value is -0.580. The van der Waals surface area contributed by atoms with Gasteiger partial charge in [0, 0.05) is 20.6 Å². The average Bonchev–Trinajstić information content (AvgIpc) is 2.42. The molecule has 0 N–H and O–H groups in total. The third-order valence-electron chi connectivity index (χ3n) is 3.42. The molecular formula is C16H14Br2ClFO. The van der Waals surface area contributed by atoms with Gasteiger partial charge in [-0.05, 0) is 43.2 Å². The summed E-state index contributed by atoms with van der Waals surface area (Å²) < 4.78 is 20.7. The van der Waals surface area contributed by atoms with Gasteiger partial charge >= 0.3 is 0 Å². The van der Waals surface area contributed by atoms with Gasteiger partial charge in [-0.25, -0.2) is 4.39 Å². The van der Waals surface area contributed by atoms with Crippen LogP contribution in [0.1, 0.15) is 27.1 Å². The fourth-order valence-corrected chi connectivity index (χ4v) is 4.33. The Balaban J connectivity index is 2.71. The molecule has 0 bridgehead atoms. The lowest BCUT2D eigenvalue weighted by Gasteiger charge is -2.21. The smallest absolute Gasteiger partial charge is 0.129 e. The van der Waals surface area contributed by atoms with Gasteiger partial charge in [-0.15, -0.1) is 0 Å². The first kappa shape index (κ1) is 16.8. The molecule has 2 rings (SSSR count). The first-order valence-corrected chi connectivity index (χ1v) is 8.38. The lowest BCUT2D eigenvalue weighted by molar-refractivity contribution is 0.406. The summed E-state index contributed by atoms with van der Waals surface area (Å²) in [4.78, 5) is -0.391. The molecule has 0 heterocycles. The highest BCUT2D eigenvalue weighted by Gasteiger charge is 2.25. The molecule has 0 aromatic heterocycles. The zero-order valence-corrected chi connectivity index (χ0v) is 15.7. The second-order valence-electron chi connectivity index (χ2n) is 4.75. The van der Waals surface area contributed by atoms with E-state index in [-0.39, 0.29) is 5.82 Å². The van der Waals surface area contributed by atoms with Crippen LogP contribution in [-0.4, -0.2) is 7.11 Å². The van der Waals surface area contributed by atoms with Gasteiger partial charge < -0.3 is 4.74 Å². The van der Waals surface area contributed by atoms with Crippen LogP contribution >= 0.6 is 43.5 Å². The van der Waals surface area contributed by atoms with Gasteiger partial charge in [0.1, 0.15) is 11.6 Å². The number of hydrogen-bond acceptors (Lipinski definition) is 1. The largest absolute Gasteiger partial charge is 0.496 e. The maximum Gasteiger partial charge on any atom is 0.129 e. The predicted octanol–water partition coefficient (Wildman–Crippen LogP) is 6.35. The van der Waals surface area contributed by atoms with Gasteiger partial charge in [-0.2, -0.15) is 0 Å². The predicted molar refractivity (Wildman–Crippen MR) is 92.3 cm³/mol. The van der Waals surface area contributed by atoms with Crippen molar-refractivity contribution in [3.05, 3.63) is 61.8 Å². The van der Waals surface area contributed by atoms with Crippen LogP contribution in [0.25, 0.3) is 0 Å². The zero-order chi connectivity index (χ0) is 15.7. The van der Waals surface area contributed by atoms with E-state index in [1.54, 1.807) is 19.2 Å². The monoisotopic (exact) mass is 434 g/mol. The highest BCUT2D eigenvalue weighted by molar-refractivity contribution is 9.10. The molecule has 0 spiro atoms. The van der Waals surface area contributed by atoms with Crippen LogP contribution in [0.15, 0.2) is 28.7 Å². The van der Waals surface area contributed by atoms with Crippen LogP contribution in [-0.2, 0) is 0 Å². The third-order valence-corrected chi connectivity index (χ3v) is 5.49. The van der Waals surface area contributed by atoms with Gasteiger partial charge in [-0.1, -0.05) is 49.5 Å². The summed E-state index contributed by atoms with van der Waals surface area (Å²) in [5.74, 6) is 0.389. The van der Waals surface area contributed by atoms with E-state index in [0.717, 1.165) is 26.9 Å². The van der Waals surface area contributed by atoms with Crippen LogP contribution in [0, 0.1) is 19.7 Å². The molecule has 5 heteroatoms. The first-order valence-electron chi connectivity index (χ1n) is 6.30. The van der Waals surface area contributed by atoms with Crippen molar-refractivity contribution < 1.29 is 9.13 Å². The van der Waals surface area contributed by atoms with E-state index in [1.165, 1.54) is 6.07 Å². The summed E-state index contributed by atoms with van der Waals surface area (Å²) in [6.07, 6.45) is 0. The number of methoxy groups -OCH3 is 1. The van der Waals surface area contributed by atoms with Crippen LogP contribution in [0.5, 0.6) is 5.75 Å². The average molecular weight is 437 g/mol. The molecule has 0 amide bonds. The maximum absolute atomic E-state index is 14.2. The molecule has 1 unspecified atom stereocenters. The fourth-order valence-electron chi connectivity index (χ4n) is 2.35. The molecule has 0 aliphatic rings. The van der Waals surface area contributed by atoms with Crippen LogP contribution in [0.4, 0.5) is 4.39 Å². The van der Waals surface area contributed by atoms with Crippen LogP contribution < -0.4 is 4.74 Å². The summed E-state index contributed by atoms with van der Waals surface area (Å²) in [5, 5.41) is 0.385. The minimum Gasteiger partial charge on any atom is -0.496 e. The highest BCUT2D eigenvalue weighted by atomic mass is 79.9. The number of alkyl halides is 1. The SMILES string of the molecule is COc1c(C)cc(Br)c(C)c1C(Br)c1c(F)cccc1Cl. The van der Waals surface area contributed by atoms with Gasteiger partial charge in [-0.3, -0.25) is 0 Å². The normalized spacial score (nSPS) is 12.3. The summed E-state index contributed by atoms with van der Waals surface area (Å²) in [6, 6.07) is 6.67. The quantitative estimate of drug-likeness (QED) is 0.510. The van der Waals surface area contributed by atoms with E-state index in [0.29, 0.717) is 10.6 Å². The topological polar surface area (TPSA) is 9.23 Å². The number of aryl methyl sites for hydroxylation is 1. The number of rotatable bonds is 3. The minimum absolute atomic E-state index is 0.344. The van der Waals surface area contributed by atoms with Crippen molar-refractivity contribution in [1.82, 2.24) is 0 Å². The summed E-state index contributed by atoms with van der Waals surface area (Å²) in [6.45, 7) is 3.92. The lowest BCUT2D eigenvalue weighted by atomic mass is 9.96. The van der Waals surface area contributed by atoms with Crippen molar-refractivity contribution in [2.45, 2.75) is 18.7 Å². The van der Waals surface area contributed by atoms with Gasteiger partial charge in [0.05, 0.1) is 11.9 Å². The summed E-state index contributed by atoms with van der Waals surface area (Å²) >= 11 is 13.3. The molecule has 0 saturated carbocycles. The molecule has 1 atom stereocenters. The molecule has 0 aliphatic carbocycles. The Kier molecular flexibility index (Phi) is 5.33. The Morgan fingerprint density at radius 3 is 2.48 bits per heavy atom. The number of hydrogen-bond donors (Lipinski definition) is 0. The van der Waals surface area contributed by atoms with Crippen LogP contribution in [0.2, 0.25) is 5.02 Å². The van der Waals surface area contributed by atoms with Crippen molar-refractivity contribution in [1.29, 1.82) is 0 Å². The minimum atomic E-state index is -0.391. The van der Waals surface area contributed by atoms with E-state index in [9.17, 15) is 4.39 Å².